The third kappa shape index (κ3) is 2.72. The maximum absolute atomic E-state index is 10.7. The second-order valence-electron chi connectivity index (χ2n) is 1.93. The summed E-state index contributed by atoms with van der Waals surface area (Å²) in [6.07, 6.45) is 0. The van der Waals surface area contributed by atoms with Crippen molar-refractivity contribution in [2.24, 2.45) is 20.7 Å². The van der Waals surface area contributed by atoms with Crippen molar-refractivity contribution in [2.45, 2.75) is 0 Å². The van der Waals surface area contributed by atoms with E-state index < -0.39 is 21.7 Å². The van der Waals surface area contributed by atoms with Crippen LogP contribution in [0.2, 0.25) is 0 Å². The smallest absolute Gasteiger partial charge is 0.390 e. The van der Waals surface area contributed by atoms with Crippen LogP contribution < -0.4 is 4.90 Å². The molecule has 16 heavy (non-hydrogen) atoms. The second-order valence-corrected chi connectivity index (χ2v) is 1.93. The molecule has 0 amide bonds. The van der Waals surface area contributed by atoms with E-state index in [0.717, 1.165) is 0 Å². The van der Waals surface area contributed by atoms with Crippen molar-refractivity contribution in [1.82, 2.24) is 5.16 Å². The van der Waals surface area contributed by atoms with Gasteiger partial charge in [-0.05, 0) is 4.90 Å². The summed E-state index contributed by atoms with van der Waals surface area (Å²) in [6, 6.07) is 0. The van der Waals surface area contributed by atoms with Gasteiger partial charge in [0.05, 0.1) is 10.1 Å². The first kappa shape index (κ1) is 11.0. The first-order valence-electron chi connectivity index (χ1n) is 3.22. The Kier molecular flexibility index (Phi) is 3.06. The molecule has 14 nitrogen and oxygen atoms in total. The lowest BCUT2D eigenvalue weighted by atomic mass is 10.7. The highest BCUT2D eigenvalue weighted by atomic mass is 16.8. The fourth-order valence-corrected chi connectivity index (χ4v) is 0.539. The van der Waals surface area contributed by atoms with Crippen molar-refractivity contribution in [3.63, 3.8) is 0 Å². The topological polar surface area (TPSA) is 189 Å². The Balaban J connectivity index is 3.03. The van der Waals surface area contributed by atoms with Crippen LogP contribution in [-0.4, -0.2) is 15.2 Å². The van der Waals surface area contributed by atoms with Gasteiger partial charge in [-0.1, -0.05) is 0 Å². The molecule has 1 aromatic rings. The Morgan fingerprint density at radius 3 is 2.31 bits per heavy atom. The highest BCUT2D eigenvalue weighted by molar-refractivity contribution is 5.43. The summed E-state index contributed by atoms with van der Waals surface area (Å²) in [5.74, 6) is -1.54. The fourth-order valence-electron chi connectivity index (χ4n) is 0.539. The van der Waals surface area contributed by atoms with E-state index in [0.29, 0.717) is 0 Å². The number of rotatable bonds is 4. The lowest BCUT2D eigenvalue weighted by Gasteiger charge is -1.81. The Labute approximate surface area is 83.7 Å². The molecular formula is C2N8O6. The molecule has 0 saturated carbocycles. The van der Waals surface area contributed by atoms with Gasteiger partial charge in [0.15, 0.2) is 10.4 Å². The maximum Gasteiger partial charge on any atom is 0.471 e. The zero-order valence-corrected chi connectivity index (χ0v) is 7.03. The van der Waals surface area contributed by atoms with Gasteiger partial charge in [-0.3, -0.25) is 0 Å². The van der Waals surface area contributed by atoms with E-state index in [9.17, 15) is 25.4 Å². The summed E-state index contributed by atoms with van der Waals surface area (Å²) < 4.78 is 3.92. The molecule has 0 spiro atoms. The van der Waals surface area contributed by atoms with Crippen molar-refractivity contribution >= 4 is 11.6 Å². The molecule has 0 radical (unpaired) electrons. The highest BCUT2D eigenvalue weighted by Crippen LogP contribution is 2.21. The maximum atomic E-state index is 10.7. The summed E-state index contributed by atoms with van der Waals surface area (Å²) in [5, 5.41) is 41.2. The molecule has 0 N–H and O–H groups in total. The average molecular weight is 232 g/mol. The largest absolute Gasteiger partial charge is 0.471 e. The zero-order valence-electron chi connectivity index (χ0n) is 7.03. The van der Waals surface area contributed by atoms with Gasteiger partial charge < -0.3 is 30.1 Å². The van der Waals surface area contributed by atoms with Gasteiger partial charge in [0.2, 0.25) is 0 Å². The molecule has 0 fully saturated rings. The molecule has 0 bridgehead atoms. The molecule has 0 saturated heterocycles. The number of nitrogens with zero attached hydrogens (tertiary/aromatic N) is 8. The van der Waals surface area contributed by atoms with E-state index in [-0.39, 0.29) is 4.90 Å². The highest BCUT2D eigenvalue weighted by Gasteiger charge is 2.27. The van der Waals surface area contributed by atoms with Crippen molar-refractivity contribution in [3.05, 3.63) is 25.4 Å². The van der Waals surface area contributed by atoms with Crippen LogP contribution in [0.3, 0.4) is 0 Å². The van der Waals surface area contributed by atoms with Crippen LogP contribution in [0.5, 0.6) is 0 Å². The molecular weight excluding hydrogens is 232 g/mol. The predicted octanol–water partition coefficient (Wildman–Crippen LogP) is -0.141. The van der Waals surface area contributed by atoms with Crippen molar-refractivity contribution in [2.75, 3.05) is 0 Å². The van der Waals surface area contributed by atoms with Gasteiger partial charge in [-0.15, -0.1) is 0 Å². The minimum atomic E-state index is -1.21. The van der Waals surface area contributed by atoms with Gasteiger partial charge in [0.25, 0.3) is 0 Å². The van der Waals surface area contributed by atoms with Gasteiger partial charge >= 0.3 is 11.6 Å². The van der Waals surface area contributed by atoms with E-state index in [4.69, 9.17) is 0 Å². The molecule has 0 aliphatic heterocycles. The normalized spacial score (nSPS) is 11.2. The second kappa shape index (κ2) is 4.44. The van der Waals surface area contributed by atoms with Gasteiger partial charge in [0.1, 0.15) is 10.2 Å². The van der Waals surface area contributed by atoms with Crippen LogP contribution in [0.15, 0.2) is 25.3 Å². The van der Waals surface area contributed by atoms with E-state index >= 15 is 0 Å². The van der Waals surface area contributed by atoms with Crippen LogP contribution >= 0.6 is 0 Å². The van der Waals surface area contributed by atoms with Crippen molar-refractivity contribution < 1.29 is 19.6 Å². The molecule has 14 heteroatoms. The Hall–Kier alpha value is -3.06. The van der Waals surface area contributed by atoms with Crippen LogP contribution in [0.4, 0.5) is 11.6 Å². The standard InChI is InChI=1S/C2N8O6/c11-8-2(4-7-10(14)15)1(5-16-8)3-6-9(12)13. The number of hydrogen-bond acceptors (Lipinski definition) is 9. The molecule has 1 heterocycles. The lowest BCUT2D eigenvalue weighted by Crippen LogP contribution is -2.21. The van der Waals surface area contributed by atoms with Gasteiger partial charge in [0, 0.05) is 5.16 Å². The van der Waals surface area contributed by atoms with E-state index in [1.807, 2.05) is 0 Å². The minimum Gasteiger partial charge on any atom is -0.390 e. The number of aromatic nitrogens is 2. The molecule has 0 unspecified atom stereocenters. The summed E-state index contributed by atoms with van der Waals surface area (Å²) in [6.45, 7) is 0. The Morgan fingerprint density at radius 1 is 1.19 bits per heavy atom. The van der Waals surface area contributed by atoms with Crippen molar-refractivity contribution in [1.29, 1.82) is 0 Å². The third-order valence-corrected chi connectivity index (χ3v) is 0.999. The van der Waals surface area contributed by atoms with E-state index in [1.54, 1.807) is 0 Å². The molecule has 0 atom stereocenters. The first-order valence-corrected chi connectivity index (χ1v) is 3.22. The lowest BCUT2D eigenvalue weighted by molar-refractivity contribution is -0.792. The molecule has 0 aromatic carbocycles. The number of nitro groups is 2. The minimum absolute atomic E-state index is 0.374. The van der Waals surface area contributed by atoms with Crippen LogP contribution in [0.25, 0.3) is 0 Å². The quantitative estimate of drug-likeness (QED) is 0.298. The first-order chi connectivity index (χ1) is 7.50. The molecule has 84 valence electrons. The SMILES string of the molecule is O=[N+]([O-])N=Nc1no[n+]([O-])c1N=N[N+](=O)[O-]. The van der Waals surface area contributed by atoms with E-state index in [2.05, 4.69) is 30.5 Å². The fraction of sp³-hybridized carbons (Fsp3) is 0. The monoisotopic (exact) mass is 232 g/mol. The van der Waals surface area contributed by atoms with Crippen molar-refractivity contribution in [3.8, 4) is 0 Å². The molecule has 1 rings (SSSR count). The predicted molar refractivity (Wildman–Crippen MR) is 38.5 cm³/mol. The van der Waals surface area contributed by atoms with Crippen LogP contribution in [0.1, 0.15) is 0 Å². The molecule has 1 aromatic heterocycles. The van der Waals surface area contributed by atoms with E-state index in [1.165, 1.54) is 0 Å². The van der Waals surface area contributed by atoms with Gasteiger partial charge in [-0.2, -0.15) is 0 Å². The summed E-state index contributed by atoms with van der Waals surface area (Å²) in [4.78, 5) is 19.2. The third-order valence-electron chi connectivity index (χ3n) is 0.999. The molecule has 0 aliphatic rings. The van der Waals surface area contributed by atoms with Gasteiger partial charge in [-0.25, -0.2) is 0 Å². The number of hydrogen-bond donors (Lipinski definition) is 0. The zero-order chi connectivity index (χ0) is 12.1. The summed E-state index contributed by atoms with van der Waals surface area (Å²) >= 11 is 0. The summed E-state index contributed by atoms with van der Waals surface area (Å²) in [5.41, 5.74) is 0. The average Bonchev–Trinajstić information content (AvgIpc) is 2.53. The molecule has 0 aliphatic carbocycles. The van der Waals surface area contributed by atoms with Crippen LogP contribution in [0, 0.1) is 25.4 Å². The van der Waals surface area contributed by atoms with Crippen LogP contribution in [-0.2, 0) is 0 Å². The Morgan fingerprint density at radius 2 is 1.75 bits per heavy atom. The Bertz CT molecular complexity index is 473. The summed E-state index contributed by atoms with van der Waals surface area (Å²) in [7, 11) is 0.